The van der Waals surface area contributed by atoms with Crippen LogP contribution >= 0.6 is 34.7 Å². The quantitative estimate of drug-likeness (QED) is 0.484. The summed E-state index contributed by atoms with van der Waals surface area (Å²) in [6.45, 7) is 1.77. The average molecular weight is 449 g/mol. The number of amides is 1. The monoisotopic (exact) mass is 448 g/mol. The first kappa shape index (κ1) is 19.4. The highest BCUT2D eigenvalue weighted by atomic mass is 35.5. The number of halogens is 3. The molecule has 0 spiro atoms. The van der Waals surface area contributed by atoms with Crippen molar-refractivity contribution in [3.05, 3.63) is 69.6 Å². The van der Waals surface area contributed by atoms with E-state index in [9.17, 15) is 9.18 Å². The van der Waals surface area contributed by atoms with Gasteiger partial charge in [0.1, 0.15) is 5.82 Å². The molecule has 0 unspecified atom stereocenters. The minimum Gasteiger partial charge on any atom is -0.297 e. The van der Waals surface area contributed by atoms with Crippen molar-refractivity contribution in [2.75, 3.05) is 5.32 Å². The highest BCUT2D eigenvalue weighted by Crippen LogP contribution is 2.26. The van der Waals surface area contributed by atoms with Crippen molar-refractivity contribution in [3.8, 4) is 17.2 Å². The van der Waals surface area contributed by atoms with Crippen molar-refractivity contribution < 1.29 is 9.18 Å². The Morgan fingerprint density at radius 1 is 1.17 bits per heavy atom. The van der Waals surface area contributed by atoms with Crippen molar-refractivity contribution in [2.24, 2.45) is 0 Å². The molecule has 29 heavy (non-hydrogen) atoms. The lowest BCUT2D eigenvalue weighted by molar-refractivity contribution is 0.102. The molecule has 146 valence electrons. The van der Waals surface area contributed by atoms with Crippen LogP contribution in [0.15, 0.2) is 42.5 Å². The highest BCUT2D eigenvalue weighted by Gasteiger charge is 2.19. The smallest absolute Gasteiger partial charge is 0.258 e. The van der Waals surface area contributed by atoms with Crippen molar-refractivity contribution >= 4 is 45.8 Å². The average Bonchev–Trinajstić information content (AvgIpc) is 3.30. The van der Waals surface area contributed by atoms with Gasteiger partial charge in [-0.05, 0) is 37.3 Å². The molecular formula is C18H11Cl2FN6OS. The first-order valence-corrected chi connectivity index (χ1v) is 9.74. The van der Waals surface area contributed by atoms with Crippen molar-refractivity contribution in [1.82, 2.24) is 24.4 Å². The van der Waals surface area contributed by atoms with Crippen LogP contribution in [0.4, 0.5) is 9.52 Å². The van der Waals surface area contributed by atoms with Gasteiger partial charge in [-0.25, -0.2) is 9.07 Å². The fourth-order valence-corrected chi connectivity index (χ4v) is 3.54. The third kappa shape index (κ3) is 3.84. The molecule has 0 fully saturated rings. The van der Waals surface area contributed by atoms with Gasteiger partial charge in [-0.15, -0.1) is 5.10 Å². The summed E-state index contributed by atoms with van der Waals surface area (Å²) >= 11 is 12.9. The number of benzene rings is 2. The SMILES string of the molecule is Cc1c(-c2nsc(NC(=O)c3ccccc3Cl)n2)nnn1-c1ccc(F)c(Cl)c1. The van der Waals surface area contributed by atoms with E-state index in [1.54, 1.807) is 31.2 Å². The van der Waals surface area contributed by atoms with Crippen LogP contribution in [0.25, 0.3) is 17.2 Å². The molecule has 2 heterocycles. The zero-order chi connectivity index (χ0) is 20.5. The second-order valence-corrected chi connectivity index (χ2v) is 7.46. The summed E-state index contributed by atoms with van der Waals surface area (Å²) in [4.78, 5) is 16.7. The molecule has 0 radical (unpaired) electrons. The Morgan fingerprint density at radius 2 is 1.97 bits per heavy atom. The van der Waals surface area contributed by atoms with E-state index in [1.807, 2.05) is 0 Å². The van der Waals surface area contributed by atoms with Crippen LogP contribution in [0.1, 0.15) is 16.1 Å². The van der Waals surface area contributed by atoms with Crippen LogP contribution < -0.4 is 5.32 Å². The number of anilines is 1. The Morgan fingerprint density at radius 3 is 2.72 bits per heavy atom. The summed E-state index contributed by atoms with van der Waals surface area (Å²) in [6, 6.07) is 10.9. The van der Waals surface area contributed by atoms with Crippen molar-refractivity contribution in [1.29, 1.82) is 0 Å². The Balaban J connectivity index is 1.59. The van der Waals surface area contributed by atoms with Gasteiger partial charge in [0.15, 0.2) is 11.5 Å². The van der Waals surface area contributed by atoms with Crippen LogP contribution in [0.2, 0.25) is 10.0 Å². The third-order valence-electron chi connectivity index (χ3n) is 4.02. The minimum absolute atomic E-state index is 0.0182. The number of carbonyl (C=O) groups is 1. The maximum absolute atomic E-state index is 13.4. The topological polar surface area (TPSA) is 85.6 Å². The lowest BCUT2D eigenvalue weighted by Gasteiger charge is -2.04. The Labute approximate surface area is 178 Å². The van der Waals surface area contributed by atoms with Crippen LogP contribution in [0.5, 0.6) is 0 Å². The first-order valence-electron chi connectivity index (χ1n) is 8.21. The molecule has 2 aromatic carbocycles. The van der Waals surface area contributed by atoms with E-state index < -0.39 is 5.82 Å². The highest BCUT2D eigenvalue weighted by molar-refractivity contribution is 7.10. The van der Waals surface area contributed by atoms with Crippen molar-refractivity contribution in [2.45, 2.75) is 6.92 Å². The zero-order valence-electron chi connectivity index (χ0n) is 14.7. The summed E-state index contributed by atoms with van der Waals surface area (Å²) in [7, 11) is 0. The number of carbonyl (C=O) groups excluding carboxylic acids is 1. The van der Waals surface area contributed by atoms with E-state index >= 15 is 0 Å². The van der Waals surface area contributed by atoms with Gasteiger partial charge in [0.05, 0.1) is 27.0 Å². The molecule has 0 aliphatic heterocycles. The standard InChI is InChI=1S/C18H11Cl2FN6OS/c1-9-15(24-26-27(9)10-6-7-14(21)13(20)8-10)16-22-18(29-25-16)23-17(28)11-4-2-3-5-12(11)19/h2-8H,1H3,(H,22,23,25,28). The van der Waals surface area contributed by atoms with Gasteiger partial charge < -0.3 is 0 Å². The summed E-state index contributed by atoms with van der Waals surface area (Å²) in [5, 5.41) is 11.5. The van der Waals surface area contributed by atoms with E-state index in [2.05, 4.69) is 25.0 Å². The molecule has 0 bridgehead atoms. The number of aromatic nitrogens is 5. The van der Waals surface area contributed by atoms with Gasteiger partial charge in [0.25, 0.3) is 5.91 Å². The summed E-state index contributed by atoms with van der Waals surface area (Å²) in [5.41, 5.74) is 1.95. The van der Waals surface area contributed by atoms with Crippen LogP contribution in [0, 0.1) is 12.7 Å². The maximum Gasteiger partial charge on any atom is 0.258 e. The van der Waals surface area contributed by atoms with Gasteiger partial charge >= 0.3 is 0 Å². The molecule has 11 heteroatoms. The van der Waals surface area contributed by atoms with E-state index in [0.717, 1.165) is 11.5 Å². The molecule has 0 saturated heterocycles. The van der Waals surface area contributed by atoms with Crippen molar-refractivity contribution in [3.63, 3.8) is 0 Å². The number of hydrogen-bond donors (Lipinski definition) is 1. The second-order valence-electron chi connectivity index (χ2n) is 5.89. The van der Waals surface area contributed by atoms with E-state index in [1.165, 1.54) is 22.9 Å². The van der Waals surface area contributed by atoms with Crippen LogP contribution in [0.3, 0.4) is 0 Å². The Bertz CT molecular complexity index is 1220. The number of rotatable bonds is 4. The van der Waals surface area contributed by atoms with Gasteiger partial charge in [-0.2, -0.15) is 9.36 Å². The Hall–Kier alpha value is -2.88. The van der Waals surface area contributed by atoms with E-state index in [4.69, 9.17) is 23.2 Å². The largest absolute Gasteiger partial charge is 0.297 e. The predicted octanol–water partition coefficient (Wildman–Crippen LogP) is 4.79. The number of hydrogen-bond acceptors (Lipinski definition) is 6. The second kappa shape index (κ2) is 7.86. The summed E-state index contributed by atoms with van der Waals surface area (Å²) in [5.74, 6) is -0.602. The van der Waals surface area contributed by atoms with Crippen LogP contribution in [-0.4, -0.2) is 30.3 Å². The molecule has 1 N–H and O–H groups in total. The molecule has 1 amide bonds. The summed E-state index contributed by atoms with van der Waals surface area (Å²) < 4.78 is 19.1. The van der Waals surface area contributed by atoms with Gasteiger partial charge in [-0.3, -0.25) is 10.1 Å². The molecule has 2 aromatic heterocycles. The number of nitrogens with one attached hydrogen (secondary N) is 1. The molecule has 4 rings (SSSR count). The molecular weight excluding hydrogens is 438 g/mol. The molecule has 0 aliphatic carbocycles. The molecule has 0 saturated carbocycles. The zero-order valence-corrected chi connectivity index (χ0v) is 17.1. The normalized spacial score (nSPS) is 10.9. The predicted molar refractivity (Wildman–Crippen MR) is 109 cm³/mol. The molecule has 7 nitrogen and oxygen atoms in total. The van der Waals surface area contributed by atoms with Crippen LogP contribution in [-0.2, 0) is 0 Å². The van der Waals surface area contributed by atoms with Gasteiger partial charge in [0.2, 0.25) is 5.13 Å². The first-order chi connectivity index (χ1) is 13.9. The van der Waals surface area contributed by atoms with Gasteiger partial charge in [-0.1, -0.05) is 40.5 Å². The molecule has 4 aromatic rings. The number of nitrogens with zero attached hydrogens (tertiary/aromatic N) is 5. The molecule has 0 atom stereocenters. The Kier molecular flexibility index (Phi) is 5.27. The minimum atomic E-state index is -0.520. The molecule has 0 aliphatic rings. The fraction of sp³-hybridized carbons (Fsp3) is 0.0556. The lowest BCUT2D eigenvalue weighted by atomic mass is 10.2. The van der Waals surface area contributed by atoms with Gasteiger partial charge in [0, 0.05) is 11.5 Å². The maximum atomic E-state index is 13.4. The summed E-state index contributed by atoms with van der Waals surface area (Å²) in [6.07, 6.45) is 0. The lowest BCUT2D eigenvalue weighted by Crippen LogP contribution is -2.12. The van der Waals surface area contributed by atoms with E-state index in [0.29, 0.717) is 38.6 Å². The third-order valence-corrected chi connectivity index (χ3v) is 5.27. The van der Waals surface area contributed by atoms with E-state index in [-0.39, 0.29) is 10.9 Å². The fourth-order valence-electron chi connectivity index (χ4n) is 2.58.